The topological polar surface area (TPSA) is 118 Å². The summed E-state index contributed by atoms with van der Waals surface area (Å²) < 4.78 is 32.0. The summed E-state index contributed by atoms with van der Waals surface area (Å²) in [5.74, 6) is 0.123. The molecule has 3 rings (SSSR count). The third kappa shape index (κ3) is 5.21. The highest BCUT2D eigenvalue weighted by Crippen LogP contribution is 2.25. The lowest BCUT2D eigenvalue weighted by molar-refractivity contribution is -0.113. The van der Waals surface area contributed by atoms with Crippen molar-refractivity contribution >= 4 is 44.2 Å². The Morgan fingerprint density at radius 3 is 2.55 bits per heavy atom. The number of nitrogens with one attached hydrogen (secondary N) is 1. The predicted octanol–water partition coefficient (Wildman–Crippen LogP) is 2.95. The van der Waals surface area contributed by atoms with Crippen molar-refractivity contribution in [3.8, 4) is 11.5 Å². The van der Waals surface area contributed by atoms with Crippen molar-refractivity contribution < 1.29 is 17.6 Å². The monoisotopic (exact) mass is 453 g/mol. The van der Waals surface area contributed by atoms with Gasteiger partial charge in [-0.2, -0.15) is 4.31 Å². The van der Waals surface area contributed by atoms with Crippen molar-refractivity contribution in [2.75, 3.05) is 24.2 Å². The first kappa shape index (κ1) is 21.4. The lowest BCUT2D eigenvalue weighted by Gasteiger charge is -2.18. The highest BCUT2D eigenvalue weighted by molar-refractivity contribution is 7.99. The van der Waals surface area contributed by atoms with Crippen LogP contribution in [0.4, 0.5) is 5.13 Å². The number of carbonyl (C=O) groups is 1. The summed E-state index contributed by atoms with van der Waals surface area (Å²) in [6.45, 7) is 4.40. The molecule has 0 radical (unpaired) electrons. The van der Waals surface area contributed by atoms with E-state index in [2.05, 4.69) is 20.5 Å². The molecule has 0 atom stereocenters. The zero-order valence-electron chi connectivity index (χ0n) is 15.7. The number of thiazole rings is 1. The Kier molecular flexibility index (Phi) is 7.00. The van der Waals surface area contributed by atoms with Gasteiger partial charge < -0.3 is 9.73 Å². The number of anilines is 1. The van der Waals surface area contributed by atoms with Crippen LogP contribution in [0.3, 0.4) is 0 Å². The fourth-order valence-corrected chi connectivity index (χ4v) is 5.00. The average Bonchev–Trinajstić information content (AvgIpc) is 3.39. The van der Waals surface area contributed by atoms with Crippen molar-refractivity contribution in [2.24, 2.45) is 0 Å². The molecule has 1 aromatic carbocycles. The van der Waals surface area contributed by atoms with Crippen LogP contribution in [0.1, 0.15) is 13.8 Å². The molecule has 0 aliphatic rings. The molecule has 1 N–H and O–H groups in total. The summed E-state index contributed by atoms with van der Waals surface area (Å²) in [5, 5.41) is 13.1. The number of carbonyl (C=O) groups excluding carboxylic acids is 1. The maximum atomic E-state index is 12.5. The van der Waals surface area contributed by atoms with Crippen LogP contribution in [0.5, 0.6) is 0 Å². The Morgan fingerprint density at radius 1 is 1.21 bits per heavy atom. The van der Waals surface area contributed by atoms with Crippen molar-refractivity contribution in [1.82, 2.24) is 19.5 Å². The molecule has 2 aromatic heterocycles. The van der Waals surface area contributed by atoms with Crippen LogP contribution in [0.2, 0.25) is 0 Å². The fraction of sp³-hybridized carbons (Fsp3) is 0.294. The van der Waals surface area contributed by atoms with Gasteiger partial charge in [-0.15, -0.1) is 21.5 Å². The minimum Gasteiger partial charge on any atom is -0.411 e. The van der Waals surface area contributed by atoms with Gasteiger partial charge in [0.05, 0.1) is 10.6 Å². The molecular weight excluding hydrogens is 434 g/mol. The van der Waals surface area contributed by atoms with Crippen molar-refractivity contribution in [1.29, 1.82) is 0 Å². The SMILES string of the molecule is CCN(CC)S(=O)(=O)c1ccc(-c2nnc(SCC(=O)Nc3nccs3)o2)cc1. The number of hydrogen-bond donors (Lipinski definition) is 1. The molecule has 0 aliphatic carbocycles. The molecule has 0 fully saturated rings. The summed E-state index contributed by atoms with van der Waals surface area (Å²) in [6, 6.07) is 6.27. The van der Waals surface area contributed by atoms with Crippen molar-refractivity contribution in [3.05, 3.63) is 35.8 Å². The van der Waals surface area contributed by atoms with Gasteiger partial charge in [0.1, 0.15) is 0 Å². The van der Waals surface area contributed by atoms with Gasteiger partial charge in [0, 0.05) is 30.2 Å². The number of sulfonamides is 1. The highest BCUT2D eigenvalue weighted by atomic mass is 32.2. The molecule has 0 saturated carbocycles. The van der Waals surface area contributed by atoms with Gasteiger partial charge in [-0.05, 0) is 24.3 Å². The van der Waals surface area contributed by atoms with Gasteiger partial charge in [-0.3, -0.25) is 4.79 Å². The highest BCUT2D eigenvalue weighted by Gasteiger charge is 2.21. The van der Waals surface area contributed by atoms with E-state index in [4.69, 9.17) is 4.42 Å². The molecule has 9 nitrogen and oxygen atoms in total. The van der Waals surface area contributed by atoms with Crippen LogP contribution >= 0.6 is 23.1 Å². The van der Waals surface area contributed by atoms with Gasteiger partial charge in [-0.1, -0.05) is 25.6 Å². The molecule has 1 amide bonds. The van der Waals surface area contributed by atoms with Gasteiger partial charge >= 0.3 is 0 Å². The Labute approximate surface area is 176 Å². The zero-order valence-corrected chi connectivity index (χ0v) is 18.2. The van der Waals surface area contributed by atoms with Crippen LogP contribution in [0.15, 0.2) is 50.4 Å². The largest absolute Gasteiger partial charge is 0.411 e. The fourth-order valence-electron chi connectivity index (χ4n) is 2.43. The molecule has 12 heteroatoms. The number of benzene rings is 1. The summed E-state index contributed by atoms with van der Waals surface area (Å²) in [5.41, 5.74) is 0.593. The Bertz CT molecular complexity index is 1050. The number of rotatable bonds is 9. The van der Waals surface area contributed by atoms with Crippen LogP contribution in [-0.4, -0.2) is 52.7 Å². The molecule has 2 heterocycles. The lowest BCUT2D eigenvalue weighted by Crippen LogP contribution is -2.30. The van der Waals surface area contributed by atoms with Crippen LogP contribution in [0.25, 0.3) is 11.5 Å². The van der Waals surface area contributed by atoms with Gasteiger partial charge in [-0.25, -0.2) is 13.4 Å². The van der Waals surface area contributed by atoms with Crippen LogP contribution in [-0.2, 0) is 14.8 Å². The van der Waals surface area contributed by atoms with Crippen LogP contribution < -0.4 is 5.32 Å². The van der Waals surface area contributed by atoms with Gasteiger partial charge in [0.2, 0.25) is 21.8 Å². The van der Waals surface area contributed by atoms with E-state index in [9.17, 15) is 13.2 Å². The molecule has 29 heavy (non-hydrogen) atoms. The Balaban J connectivity index is 1.63. The second-order valence-electron chi connectivity index (χ2n) is 5.66. The van der Waals surface area contributed by atoms with Crippen LogP contribution in [0, 0.1) is 0 Å². The first-order valence-corrected chi connectivity index (χ1v) is 12.0. The number of hydrogen-bond acceptors (Lipinski definition) is 9. The quantitative estimate of drug-likeness (QED) is 0.491. The number of aromatic nitrogens is 3. The molecule has 0 bridgehead atoms. The van der Waals surface area contributed by atoms with Gasteiger partial charge in [0.15, 0.2) is 5.13 Å². The normalized spacial score (nSPS) is 11.7. The van der Waals surface area contributed by atoms with E-state index in [0.29, 0.717) is 23.8 Å². The Morgan fingerprint density at radius 2 is 1.93 bits per heavy atom. The van der Waals surface area contributed by atoms with Crippen molar-refractivity contribution in [2.45, 2.75) is 24.0 Å². The summed E-state index contributed by atoms with van der Waals surface area (Å²) in [4.78, 5) is 16.1. The number of thioether (sulfide) groups is 1. The zero-order chi connectivity index (χ0) is 20.9. The third-order valence-electron chi connectivity index (χ3n) is 3.86. The predicted molar refractivity (Wildman–Crippen MR) is 111 cm³/mol. The van der Waals surface area contributed by atoms with Crippen molar-refractivity contribution in [3.63, 3.8) is 0 Å². The van der Waals surface area contributed by atoms with E-state index >= 15 is 0 Å². The molecular formula is C17H19N5O4S3. The van der Waals surface area contributed by atoms with E-state index < -0.39 is 10.0 Å². The summed E-state index contributed by atoms with van der Waals surface area (Å²) in [7, 11) is -3.52. The summed E-state index contributed by atoms with van der Waals surface area (Å²) in [6.07, 6.45) is 1.61. The first-order chi connectivity index (χ1) is 13.9. The minimum atomic E-state index is -3.52. The smallest absolute Gasteiger partial charge is 0.277 e. The molecule has 0 saturated heterocycles. The second-order valence-corrected chi connectivity index (χ2v) is 9.42. The lowest BCUT2D eigenvalue weighted by atomic mass is 10.2. The number of amides is 1. The maximum Gasteiger partial charge on any atom is 0.277 e. The number of nitrogens with zero attached hydrogens (tertiary/aromatic N) is 4. The van der Waals surface area contributed by atoms with Gasteiger partial charge in [0.25, 0.3) is 5.22 Å². The van der Waals surface area contributed by atoms with E-state index in [1.165, 1.54) is 27.8 Å². The Hall–Kier alpha value is -2.28. The molecule has 154 valence electrons. The molecule has 3 aromatic rings. The van der Waals surface area contributed by atoms with E-state index in [1.807, 2.05) is 0 Å². The minimum absolute atomic E-state index is 0.0995. The molecule has 0 spiro atoms. The van der Waals surface area contributed by atoms with E-state index in [1.54, 1.807) is 37.6 Å². The first-order valence-electron chi connectivity index (χ1n) is 8.70. The van der Waals surface area contributed by atoms with E-state index in [-0.39, 0.29) is 27.7 Å². The van der Waals surface area contributed by atoms with E-state index in [0.717, 1.165) is 11.8 Å². The standard InChI is InChI=1S/C17H19N5O4S3/c1-3-22(4-2)29(24,25)13-7-5-12(6-8-13)15-20-21-17(26-15)28-11-14(23)19-16-18-9-10-27-16/h5-10H,3-4,11H2,1-2H3,(H,18,19,23). The molecule has 0 aliphatic heterocycles. The maximum absolute atomic E-state index is 12.5. The third-order valence-corrected chi connectivity index (χ3v) is 7.43. The average molecular weight is 454 g/mol. The summed E-state index contributed by atoms with van der Waals surface area (Å²) >= 11 is 2.44. The second kappa shape index (κ2) is 9.48. The molecule has 0 unspecified atom stereocenters.